The summed E-state index contributed by atoms with van der Waals surface area (Å²) in [5, 5.41) is 9.31. The molecule has 0 aliphatic carbocycles. The molecule has 0 fully saturated rings. The van der Waals surface area contributed by atoms with E-state index >= 15 is 0 Å². The molecule has 0 amide bonds. The summed E-state index contributed by atoms with van der Waals surface area (Å²) in [4.78, 5) is 0. The number of ether oxygens (including phenoxy) is 2. The first-order valence-corrected chi connectivity index (χ1v) is 7.31. The van der Waals surface area contributed by atoms with Gasteiger partial charge in [-0.15, -0.1) is 0 Å². The minimum atomic E-state index is 0.252. The van der Waals surface area contributed by atoms with E-state index in [9.17, 15) is 5.11 Å². The predicted octanol–water partition coefficient (Wildman–Crippen LogP) is 4.69. The van der Waals surface area contributed by atoms with E-state index in [1.54, 1.807) is 24.3 Å². The number of hydrogen-bond acceptors (Lipinski definition) is 3. The SMILES string of the molecule is C=CCOc1cc(/C=C/c2ccc(O)cc2)cc(OCC=C)c1. The highest BCUT2D eigenvalue weighted by Gasteiger charge is 2.01. The molecule has 0 saturated carbocycles. The number of phenolic OH excluding ortho intramolecular Hbond substituents is 1. The van der Waals surface area contributed by atoms with Gasteiger partial charge in [0.05, 0.1) is 0 Å². The first kappa shape index (κ1) is 16.4. The maximum Gasteiger partial charge on any atom is 0.124 e. The normalized spacial score (nSPS) is 10.4. The fourth-order valence-corrected chi connectivity index (χ4v) is 1.94. The van der Waals surface area contributed by atoms with Crippen LogP contribution in [0.2, 0.25) is 0 Å². The second-order valence-electron chi connectivity index (χ2n) is 4.86. The number of hydrogen-bond donors (Lipinski definition) is 1. The summed E-state index contributed by atoms with van der Waals surface area (Å²) in [6.45, 7) is 8.17. The average Bonchev–Trinajstić information content (AvgIpc) is 2.57. The highest BCUT2D eigenvalue weighted by atomic mass is 16.5. The minimum absolute atomic E-state index is 0.252. The van der Waals surface area contributed by atoms with Crippen molar-refractivity contribution in [1.82, 2.24) is 0 Å². The highest BCUT2D eigenvalue weighted by molar-refractivity contribution is 5.71. The molecule has 0 unspecified atom stereocenters. The molecule has 2 rings (SSSR count). The number of rotatable bonds is 8. The van der Waals surface area contributed by atoms with Crippen LogP contribution in [-0.2, 0) is 0 Å². The van der Waals surface area contributed by atoms with Gasteiger partial charge in [-0.2, -0.15) is 0 Å². The van der Waals surface area contributed by atoms with Gasteiger partial charge in [-0.05, 0) is 35.4 Å². The van der Waals surface area contributed by atoms with Crippen LogP contribution in [0.15, 0.2) is 67.8 Å². The molecule has 2 aromatic rings. The summed E-state index contributed by atoms with van der Waals surface area (Å²) in [5.41, 5.74) is 1.95. The van der Waals surface area contributed by atoms with Crippen LogP contribution in [-0.4, -0.2) is 18.3 Å². The van der Waals surface area contributed by atoms with Crippen molar-refractivity contribution in [2.75, 3.05) is 13.2 Å². The molecule has 23 heavy (non-hydrogen) atoms. The molecule has 2 aromatic carbocycles. The summed E-state index contributed by atoms with van der Waals surface area (Å²) in [6.07, 6.45) is 7.32. The zero-order valence-corrected chi connectivity index (χ0v) is 12.9. The van der Waals surface area contributed by atoms with E-state index in [2.05, 4.69) is 13.2 Å². The van der Waals surface area contributed by atoms with Crippen molar-refractivity contribution in [3.8, 4) is 17.2 Å². The Kier molecular flexibility index (Phi) is 6.07. The van der Waals surface area contributed by atoms with Crippen LogP contribution in [0.5, 0.6) is 17.2 Å². The molecule has 0 radical (unpaired) electrons. The topological polar surface area (TPSA) is 38.7 Å². The first-order chi connectivity index (χ1) is 11.2. The fraction of sp³-hybridized carbons (Fsp3) is 0.100. The van der Waals surface area contributed by atoms with Gasteiger partial charge in [-0.3, -0.25) is 0 Å². The molecular formula is C20H20O3. The van der Waals surface area contributed by atoms with E-state index in [1.807, 2.05) is 42.5 Å². The molecule has 0 aliphatic rings. The summed E-state index contributed by atoms with van der Waals surface area (Å²) in [6, 6.07) is 12.7. The van der Waals surface area contributed by atoms with Crippen molar-refractivity contribution in [1.29, 1.82) is 0 Å². The Morgan fingerprint density at radius 1 is 0.783 bits per heavy atom. The Bertz CT molecular complexity index is 654. The van der Waals surface area contributed by atoms with Crippen LogP contribution in [0.3, 0.4) is 0 Å². The van der Waals surface area contributed by atoms with Gasteiger partial charge >= 0.3 is 0 Å². The molecule has 0 aromatic heterocycles. The van der Waals surface area contributed by atoms with E-state index in [4.69, 9.17) is 9.47 Å². The highest BCUT2D eigenvalue weighted by Crippen LogP contribution is 2.25. The van der Waals surface area contributed by atoms with Gasteiger partial charge in [-0.25, -0.2) is 0 Å². The van der Waals surface area contributed by atoms with Gasteiger partial charge in [0, 0.05) is 6.07 Å². The molecule has 3 nitrogen and oxygen atoms in total. The molecular weight excluding hydrogens is 288 g/mol. The molecule has 118 valence electrons. The molecule has 0 heterocycles. The van der Waals surface area contributed by atoms with Crippen LogP contribution >= 0.6 is 0 Å². The number of benzene rings is 2. The third-order valence-electron chi connectivity index (χ3n) is 3.00. The summed E-state index contributed by atoms with van der Waals surface area (Å²) < 4.78 is 11.2. The third-order valence-corrected chi connectivity index (χ3v) is 3.00. The Labute approximate surface area is 136 Å². The zero-order chi connectivity index (χ0) is 16.5. The third kappa shape index (κ3) is 5.40. The zero-order valence-electron chi connectivity index (χ0n) is 12.9. The van der Waals surface area contributed by atoms with Gasteiger partial charge in [0.15, 0.2) is 0 Å². The Hall–Kier alpha value is -2.94. The van der Waals surface area contributed by atoms with Crippen LogP contribution in [0, 0.1) is 0 Å². The molecule has 0 aliphatic heterocycles. The molecule has 1 N–H and O–H groups in total. The van der Waals surface area contributed by atoms with Crippen molar-refractivity contribution < 1.29 is 14.6 Å². The summed E-state index contributed by atoms with van der Waals surface area (Å²) in [7, 11) is 0. The summed E-state index contributed by atoms with van der Waals surface area (Å²) >= 11 is 0. The van der Waals surface area contributed by atoms with Crippen LogP contribution < -0.4 is 9.47 Å². The second kappa shape index (κ2) is 8.49. The Balaban J connectivity index is 2.22. The Morgan fingerprint density at radius 2 is 1.30 bits per heavy atom. The van der Waals surface area contributed by atoms with Crippen molar-refractivity contribution in [3.05, 3.63) is 78.9 Å². The van der Waals surface area contributed by atoms with Gasteiger partial charge < -0.3 is 14.6 Å². The second-order valence-corrected chi connectivity index (χ2v) is 4.86. The van der Waals surface area contributed by atoms with Gasteiger partial charge in [-0.1, -0.05) is 49.6 Å². The minimum Gasteiger partial charge on any atom is -0.508 e. The van der Waals surface area contributed by atoms with E-state index in [-0.39, 0.29) is 5.75 Å². The fourth-order valence-electron chi connectivity index (χ4n) is 1.94. The van der Waals surface area contributed by atoms with E-state index in [0.717, 1.165) is 22.6 Å². The lowest BCUT2D eigenvalue weighted by molar-refractivity contribution is 0.345. The molecule has 0 spiro atoms. The van der Waals surface area contributed by atoms with Crippen molar-refractivity contribution in [2.45, 2.75) is 0 Å². The van der Waals surface area contributed by atoms with E-state index in [0.29, 0.717) is 13.2 Å². The van der Waals surface area contributed by atoms with E-state index < -0.39 is 0 Å². The van der Waals surface area contributed by atoms with Crippen LogP contribution in [0.25, 0.3) is 12.2 Å². The van der Waals surface area contributed by atoms with Crippen LogP contribution in [0.1, 0.15) is 11.1 Å². The number of aromatic hydroxyl groups is 1. The van der Waals surface area contributed by atoms with Crippen molar-refractivity contribution >= 4 is 12.2 Å². The number of phenols is 1. The largest absolute Gasteiger partial charge is 0.508 e. The summed E-state index contributed by atoms with van der Waals surface area (Å²) in [5.74, 6) is 1.69. The maximum absolute atomic E-state index is 9.31. The standard InChI is InChI=1S/C20H20O3/c1-3-11-22-19-13-17(14-20(15-19)23-12-4-2)6-5-16-7-9-18(21)10-8-16/h3-10,13-15,21H,1-2,11-12H2/b6-5+. The van der Waals surface area contributed by atoms with E-state index in [1.165, 1.54) is 0 Å². The van der Waals surface area contributed by atoms with Gasteiger partial charge in [0.25, 0.3) is 0 Å². The first-order valence-electron chi connectivity index (χ1n) is 7.31. The smallest absolute Gasteiger partial charge is 0.124 e. The predicted molar refractivity (Wildman–Crippen MR) is 94.9 cm³/mol. The monoisotopic (exact) mass is 308 g/mol. The molecule has 0 bridgehead atoms. The lowest BCUT2D eigenvalue weighted by Crippen LogP contribution is -1.97. The maximum atomic E-state index is 9.31. The van der Waals surface area contributed by atoms with Crippen LogP contribution in [0.4, 0.5) is 0 Å². The van der Waals surface area contributed by atoms with Gasteiger partial charge in [0.2, 0.25) is 0 Å². The Morgan fingerprint density at radius 3 is 1.83 bits per heavy atom. The lowest BCUT2D eigenvalue weighted by atomic mass is 10.1. The van der Waals surface area contributed by atoms with Crippen molar-refractivity contribution in [3.63, 3.8) is 0 Å². The van der Waals surface area contributed by atoms with Crippen molar-refractivity contribution in [2.24, 2.45) is 0 Å². The molecule has 0 saturated heterocycles. The molecule has 3 heteroatoms. The quantitative estimate of drug-likeness (QED) is 0.568. The average molecular weight is 308 g/mol. The van der Waals surface area contributed by atoms with Gasteiger partial charge in [0.1, 0.15) is 30.5 Å². The molecule has 0 atom stereocenters. The lowest BCUT2D eigenvalue weighted by Gasteiger charge is -2.09.